The van der Waals surface area contributed by atoms with E-state index in [4.69, 9.17) is 0 Å². The summed E-state index contributed by atoms with van der Waals surface area (Å²) in [5.41, 5.74) is 1.63. The number of benzene rings is 1. The number of aromatic nitrogens is 4. The van der Waals surface area contributed by atoms with Crippen LogP contribution in [0.5, 0.6) is 0 Å². The first-order chi connectivity index (χ1) is 9.61. The van der Waals surface area contributed by atoms with Crippen molar-refractivity contribution in [2.45, 2.75) is 13.5 Å². The summed E-state index contributed by atoms with van der Waals surface area (Å²) >= 11 is 3.29. The van der Waals surface area contributed by atoms with Crippen LogP contribution in [0.15, 0.2) is 47.6 Å². The summed E-state index contributed by atoms with van der Waals surface area (Å²) in [6.45, 7) is 2.59. The summed E-state index contributed by atoms with van der Waals surface area (Å²) in [4.78, 5) is 8.52. The van der Waals surface area contributed by atoms with Gasteiger partial charge in [-0.3, -0.25) is 0 Å². The lowest BCUT2D eigenvalue weighted by Gasteiger charge is -2.03. The lowest BCUT2D eigenvalue weighted by molar-refractivity contribution is 0.625. The van der Waals surface area contributed by atoms with Crippen molar-refractivity contribution in [1.29, 1.82) is 0 Å². The molecule has 0 spiro atoms. The fraction of sp³-hybridized carbons (Fsp3) is 0.143. The Morgan fingerprint density at radius 2 is 2.10 bits per heavy atom. The van der Waals surface area contributed by atoms with Crippen LogP contribution >= 0.6 is 15.9 Å². The van der Waals surface area contributed by atoms with E-state index >= 15 is 0 Å². The second-order valence-electron chi connectivity index (χ2n) is 4.50. The topological polar surface area (TPSA) is 35.6 Å². The van der Waals surface area contributed by atoms with E-state index in [0.717, 1.165) is 17.2 Å². The normalized spacial score (nSPS) is 10.9. The van der Waals surface area contributed by atoms with Crippen LogP contribution < -0.4 is 0 Å². The Morgan fingerprint density at radius 3 is 2.80 bits per heavy atom. The standard InChI is InChI=1S/C14H12BrFN4/c1-10-17-2-3-19(10)7-13-8-20(9-18-13)14-5-11(15)4-12(16)6-14/h2-6,8-9H,7H2,1H3. The average molecular weight is 335 g/mol. The summed E-state index contributed by atoms with van der Waals surface area (Å²) < 4.78 is 17.9. The first kappa shape index (κ1) is 13.1. The van der Waals surface area contributed by atoms with Gasteiger partial charge in [0.2, 0.25) is 0 Å². The molecular weight excluding hydrogens is 323 g/mol. The molecule has 20 heavy (non-hydrogen) atoms. The van der Waals surface area contributed by atoms with Crippen molar-refractivity contribution in [3.63, 3.8) is 0 Å². The van der Waals surface area contributed by atoms with Crippen molar-refractivity contribution in [3.05, 3.63) is 64.9 Å². The van der Waals surface area contributed by atoms with Crippen LogP contribution in [-0.2, 0) is 6.54 Å². The number of aryl methyl sites for hydroxylation is 1. The molecule has 0 aliphatic carbocycles. The quantitative estimate of drug-likeness (QED) is 0.736. The fourth-order valence-electron chi connectivity index (χ4n) is 2.02. The maximum atomic E-state index is 13.4. The molecule has 1 aromatic carbocycles. The molecular formula is C14H12BrFN4. The molecule has 6 heteroatoms. The summed E-state index contributed by atoms with van der Waals surface area (Å²) in [6.07, 6.45) is 7.24. The molecule has 0 unspecified atom stereocenters. The molecule has 3 aromatic rings. The second kappa shape index (κ2) is 5.20. The smallest absolute Gasteiger partial charge is 0.126 e. The predicted molar refractivity (Wildman–Crippen MR) is 77.3 cm³/mol. The highest BCUT2D eigenvalue weighted by atomic mass is 79.9. The van der Waals surface area contributed by atoms with Crippen LogP contribution in [0.3, 0.4) is 0 Å². The van der Waals surface area contributed by atoms with Gasteiger partial charge in [0.1, 0.15) is 11.6 Å². The molecule has 4 nitrogen and oxygen atoms in total. The highest BCUT2D eigenvalue weighted by Gasteiger charge is 2.05. The monoisotopic (exact) mass is 334 g/mol. The molecule has 0 amide bonds. The van der Waals surface area contributed by atoms with Gasteiger partial charge in [0.15, 0.2) is 0 Å². The van der Waals surface area contributed by atoms with E-state index in [1.165, 1.54) is 12.1 Å². The second-order valence-corrected chi connectivity index (χ2v) is 5.42. The highest BCUT2D eigenvalue weighted by molar-refractivity contribution is 9.10. The number of hydrogen-bond acceptors (Lipinski definition) is 2. The van der Waals surface area contributed by atoms with Gasteiger partial charge < -0.3 is 9.13 Å². The van der Waals surface area contributed by atoms with Gasteiger partial charge in [0.25, 0.3) is 0 Å². The Morgan fingerprint density at radius 1 is 1.25 bits per heavy atom. The van der Waals surface area contributed by atoms with Gasteiger partial charge in [-0.25, -0.2) is 14.4 Å². The molecule has 102 valence electrons. The van der Waals surface area contributed by atoms with E-state index < -0.39 is 0 Å². The molecule has 0 aliphatic heterocycles. The predicted octanol–water partition coefficient (Wildman–Crippen LogP) is 3.33. The minimum absolute atomic E-state index is 0.282. The van der Waals surface area contributed by atoms with Crippen LogP contribution in [0, 0.1) is 12.7 Å². The third kappa shape index (κ3) is 2.65. The largest absolute Gasteiger partial charge is 0.329 e. The van der Waals surface area contributed by atoms with Crippen molar-refractivity contribution in [2.24, 2.45) is 0 Å². The van der Waals surface area contributed by atoms with Crippen LogP contribution in [0.2, 0.25) is 0 Å². The Kier molecular flexibility index (Phi) is 3.40. The molecule has 0 atom stereocenters. The van der Waals surface area contributed by atoms with E-state index in [1.54, 1.807) is 17.1 Å². The average Bonchev–Trinajstić information content (AvgIpc) is 2.99. The minimum atomic E-state index is -0.282. The zero-order valence-electron chi connectivity index (χ0n) is 10.8. The fourth-order valence-corrected chi connectivity index (χ4v) is 2.47. The SMILES string of the molecule is Cc1nccn1Cc1cn(-c2cc(F)cc(Br)c2)cn1. The first-order valence-electron chi connectivity index (χ1n) is 6.09. The lowest BCUT2D eigenvalue weighted by atomic mass is 10.3. The highest BCUT2D eigenvalue weighted by Crippen LogP contribution is 2.18. The lowest BCUT2D eigenvalue weighted by Crippen LogP contribution is -2.00. The zero-order valence-corrected chi connectivity index (χ0v) is 12.4. The van der Waals surface area contributed by atoms with Gasteiger partial charge in [-0.1, -0.05) is 15.9 Å². The molecule has 0 fully saturated rings. The van der Waals surface area contributed by atoms with Crippen molar-refractivity contribution in [3.8, 4) is 5.69 Å². The molecule has 2 heterocycles. The third-order valence-corrected chi connectivity index (χ3v) is 3.50. The van der Waals surface area contributed by atoms with Crippen LogP contribution in [0.1, 0.15) is 11.5 Å². The first-order valence-corrected chi connectivity index (χ1v) is 6.88. The van der Waals surface area contributed by atoms with E-state index in [9.17, 15) is 4.39 Å². The summed E-state index contributed by atoms with van der Waals surface area (Å²) in [5, 5.41) is 0. The van der Waals surface area contributed by atoms with Crippen molar-refractivity contribution < 1.29 is 4.39 Å². The molecule has 0 saturated heterocycles. The molecule has 0 radical (unpaired) electrons. The molecule has 0 bridgehead atoms. The number of halogens is 2. The van der Waals surface area contributed by atoms with E-state index in [1.807, 2.05) is 30.0 Å². The molecule has 0 saturated carbocycles. The van der Waals surface area contributed by atoms with Crippen molar-refractivity contribution >= 4 is 15.9 Å². The van der Waals surface area contributed by atoms with E-state index in [2.05, 4.69) is 25.9 Å². The van der Waals surface area contributed by atoms with Crippen LogP contribution in [-0.4, -0.2) is 19.1 Å². The molecule has 0 aliphatic rings. The summed E-state index contributed by atoms with van der Waals surface area (Å²) in [7, 11) is 0. The van der Waals surface area contributed by atoms with Crippen LogP contribution in [0.25, 0.3) is 5.69 Å². The Bertz CT molecular complexity index is 727. The third-order valence-electron chi connectivity index (χ3n) is 3.04. The minimum Gasteiger partial charge on any atom is -0.329 e. The van der Waals surface area contributed by atoms with Crippen molar-refractivity contribution in [1.82, 2.24) is 19.1 Å². The van der Waals surface area contributed by atoms with Gasteiger partial charge in [-0.2, -0.15) is 0 Å². The Labute approximate surface area is 124 Å². The van der Waals surface area contributed by atoms with Gasteiger partial charge in [-0.05, 0) is 25.1 Å². The number of nitrogens with zero attached hydrogens (tertiary/aromatic N) is 4. The Balaban J connectivity index is 1.88. The van der Waals surface area contributed by atoms with Crippen LogP contribution in [0.4, 0.5) is 4.39 Å². The number of hydrogen-bond donors (Lipinski definition) is 0. The summed E-state index contributed by atoms with van der Waals surface area (Å²) in [5.74, 6) is 0.656. The summed E-state index contributed by atoms with van der Waals surface area (Å²) in [6, 6.07) is 4.74. The van der Waals surface area contributed by atoms with E-state index in [-0.39, 0.29) is 5.82 Å². The van der Waals surface area contributed by atoms with E-state index in [0.29, 0.717) is 11.0 Å². The van der Waals surface area contributed by atoms with Crippen molar-refractivity contribution in [2.75, 3.05) is 0 Å². The van der Waals surface area contributed by atoms with Gasteiger partial charge >= 0.3 is 0 Å². The maximum absolute atomic E-state index is 13.4. The van der Waals surface area contributed by atoms with Gasteiger partial charge in [0, 0.05) is 23.1 Å². The maximum Gasteiger partial charge on any atom is 0.126 e. The van der Waals surface area contributed by atoms with Gasteiger partial charge in [-0.15, -0.1) is 0 Å². The molecule has 2 aromatic heterocycles. The Hall–Kier alpha value is -1.95. The number of imidazole rings is 2. The van der Waals surface area contributed by atoms with Gasteiger partial charge in [0.05, 0.1) is 24.3 Å². The molecule has 0 N–H and O–H groups in total. The number of rotatable bonds is 3. The zero-order chi connectivity index (χ0) is 14.1. The molecule has 3 rings (SSSR count).